The van der Waals surface area contributed by atoms with Gasteiger partial charge in [0.25, 0.3) is 0 Å². The molecule has 0 radical (unpaired) electrons. The molecule has 1 fully saturated rings. The molecule has 4 N–H and O–H groups in total. The SMILES string of the molecule is CC/C=C\C/C=C\C/C=C\C/C=C\CCCCCCCCC(=O)OC(COCCCCCCCC/C=C\CCCCCCCC)COC1OC(CO)C(O)C(O)C1O. The van der Waals surface area contributed by atoms with Crippen LogP contribution in [0.15, 0.2) is 60.8 Å². The molecule has 9 nitrogen and oxygen atoms in total. The van der Waals surface area contributed by atoms with Gasteiger partial charge < -0.3 is 39.4 Å². The van der Waals surface area contributed by atoms with Gasteiger partial charge >= 0.3 is 5.97 Å². The second-order valence-electron chi connectivity index (χ2n) is 15.8. The largest absolute Gasteiger partial charge is 0.457 e. The summed E-state index contributed by atoms with van der Waals surface area (Å²) in [5.41, 5.74) is 0. The molecule has 0 amide bonds. The molecule has 1 heterocycles. The molecule has 0 aromatic heterocycles. The Morgan fingerprint density at radius 1 is 0.569 bits per heavy atom. The zero-order valence-electron chi connectivity index (χ0n) is 36.8. The number of rotatable bonds is 39. The Labute approximate surface area is 354 Å². The first kappa shape index (κ1) is 53.9. The Kier molecular flexibility index (Phi) is 37.5. The molecular weight excluding hydrogens is 733 g/mol. The van der Waals surface area contributed by atoms with E-state index in [1.165, 1.54) is 77.0 Å². The first-order valence-corrected chi connectivity index (χ1v) is 23.4. The van der Waals surface area contributed by atoms with E-state index in [0.29, 0.717) is 13.0 Å². The van der Waals surface area contributed by atoms with Gasteiger partial charge in [-0.25, -0.2) is 0 Å². The van der Waals surface area contributed by atoms with Gasteiger partial charge in [-0.2, -0.15) is 0 Å². The van der Waals surface area contributed by atoms with Gasteiger partial charge in [0.15, 0.2) is 6.29 Å². The minimum Gasteiger partial charge on any atom is -0.457 e. The van der Waals surface area contributed by atoms with Crippen LogP contribution in [0.5, 0.6) is 0 Å². The molecule has 1 aliphatic heterocycles. The molecule has 6 unspecified atom stereocenters. The number of hydrogen-bond donors (Lipinski definition) is 4. The van der Waals surface area contributed by atoms with Crippen LogP contribution >= 0.6 is 0 Å². The zero-order valence-corrected chi connectivity index (χ0v) is 36.8. The second-order valence-corrected chi connectivity index (χ2v) is 15.8. The van der Waals surface area contributed by atoms with Crippen molar-refractivity contribution in [2.75, 3.05) is 26.4 Å². The van der Waals surface area contributed by atoms with E-state index < -0.39 is 43.4 Å². The van der Waals surface area contributed by atoms with Gasteiger partial charge in [-0.3, -0.25) is 4.79 Å². The fourth-order valence-corrected chi connectivity index (χ4v) is 6.77. The van der Waals surface area contributed by atoms with Crippen molar-refractivity contribution >= 4 is 5.97 Å². The van der Waals surface area contributed by atoms with Crippen LogP contribution < -0.4 is 0 Å². The molecule has 0 aromatic rings. The maximum absolute atomic E-state index is 12.8. The highest BCUT2D eigenvalue weighted by atomic mass is 16.7. The van der Waals surface area contributed by atoms with Gasteiger partial charge in [-0.15, -0.1) is 0 Å². The second kappa shape index (κ2) is 40.3. The van der Waals surface area contributed by atoms with Crippen LogP contribution in [-0.4, -0.2) is 89.6 Å². The van der Waals surface area contributed by atoms with Gasteiger partial charge in [0.2, 0.25) is 0 Å². The number of carbonyl (C=O) groups excluding carboxylic acids is 1. The normalized spacial score (nSPS) is 20.8. The summed E-state index contributed by atoms with van der Waals surface area (Å²) in [6.07, 6.45) is 43.8. The third-order valence-electron chi connectivity index (χ3n) is 10.4. The summed E-state index contributed by atoms with van der Waals surface area (Å²) in [7, 11) is 0. The smallest absolute Gasteiger partial charge is 0.306 e. The first-order chi connectivity index (χ1) is 28.4. The fourth-order valence-electron chi connectivity index (χ4n) is 6.77. The lowest BCUT2D eigenvalue weighted by molar-refractivity contribution is -0.305. The Bertz CT molecular complexity index is 1070. The van der Waals surface area contributed by atoms with Crippen molar-refractivity contribution in [3.8, 4) is 0 Å². The van der Waals surface area contributed by atoms with Crippen LogP contribution in [0.4, 0.5) is 0 Å². The van der Waals surface area contributed by atoms with Crippen molar-refractivity contribution in [3.63, 3.8) is 0 Å². The van der Waals surface area contributed by atoms with Crippen molar-refractivity contribution in [1.82, 2.24) is 0 Å². The molecule has 9 heteroatoms. The highest BCUT2D eigenvalue weighted by molar-refractivity contribution is 5.69. The number of allylic oxidation sites excluding steroid dienone is 10. The van der Waals surface area contributed by atoms with Gasteiger partial charge in [-0.05, 0) is 77.0 Å². The van der Waals surface area contributed by atoms with E-state index >= 15 is 0 Å². The predicted molar refractivity (Wildman–Crippen MR) is 238 cm³/mol. The van der Waals surface area contributed by atoms with Crippen LogP contribution in [0.2, 0.25) is 0 Å². The lowest BCUT2D eigenvalue weighted by atomic mass is 9.99. The molecule has 6 atom stereocenters. The van der Waals surface area contributed by atoms with Crippen molar-refractivity contribution in [1.29, 1.82) is 0 Å². The quantitative estimate of drug-likeness (QED) is 0.0272. The molecule has 0 aromatic carbocycles. The highest BCUT2D eigenvalue weighted by Gasteiger charge is 2.44. The summed E-state index contributed by atoms with van der Waals surface area (Å²) >= 11 is 0. The average molecular weight is 819 g/mol. The number of hydrogen-bond acceptors (Lipinski definition) is 9. The Morgan fingerprint density at radius 2 is 1.05 bits per heavy atom. The number of ether oxygens (including phenoxy) is 4. The number of aliphatic hydroxyl groups is 4. The molecule has 0 bridgehead atoms. The van der Waals surface area contributed by atoms with Crippen molar-refractivity contribution in [3.05, 3.63) is 60.8 Å². The van der Waals surface area contributed by atoms with Crippen LogP contribution in [0.3, 0.4) is 0 Å². The van der Waals surface area contributed by atoms with E-state index in [1.807, 2.05) is 0 Å². The van der Waals surface area contributed by atoms with Crippen LogP contribution in [0.25, 0.3) is 0 Å². The van der Waals surface area contributed by atoms with Gasteiger partial charge in [0.1, 0.15) is 30.5 Å². The average Bonchev–Trinajstić information content (AvgIpc) is 3.22. The van der Waals surface area contributed by atoms with Crippen LogP contribution in [0, 0.1) is 0 Å². The van der Waals surface area contributed by atoms with E-state index in [9.17, 15) is 25.2 Å². The van der Waals surface area contributed by atoms with Gasteiger partial charge in [-0.1, -0.05) is 158 Å². The Balaban J connectivity index is 2.27. The minimum atomic E-state index is -1.54. The van der Waals surface area contributed by atoms with E-state index in [0.717, 1.165) is 83.5 Å². The highest BCUT2D eigenvalue weighted by Crippen LogP contribution is 2.22. The number of aliphatic hydroxyl groups excluding tert-OH is 4. The zero-order chi connectivity index (χ0) is 42.2. The summed E-state index contributed by atoms with van der Waals surface area (Å²) in [5, 5.41) is 40.1. The topological polar surface area (TPSA) is 135 Å². The molecule has 336 valence electrons. The van der Waals surface area contributed by atoms with Gasteiger partial charge in [0.05, 0.1) is 19.8 Å². The van der Waals surface area contributed by atoms with Crippen molar-refractivity contribution in [2.24, 2.45) is 0 Å². The monoisotopic (exact) mass is 819 g/mol. The van der Waals surface area contributed by atoms with Crippen LogP contribution in [0.1, 0.15) is 181 Å². The lowest BCUT2D eigenvalue weighted by Crippen LogP contribution is -2.59. The summed E-state index contributed by atoms with van der Waals surface area (Å²) in [4.78, 5) is 12.8. The van der Waals surface area contributed by atoms with Crippen molar-refractivity contribution < 1.29 is 44.2 Å². The number of unbranched alkanes of at least 4 members (excludes halogenated alkanes) is 18. The molecule has 1 rings (SSSR count). The minimum absolute atomic E-state index is 0.124. The standard InChI is InChI=1S/C49H86O9/c1-3-5-7-9-11-13-15-17-19-21-22-23-24-26-28-30-32-34-36-38-45(51)57-43(42-56-49-48(54)47(53)46(52)44(40-50)58-49)41-55-39-37-35-33-31-29-27-25-20-18-16-14-12-10-8-6-4-2/h5,7,11,13,17-20,22-23,43-44,46-50,52-54H,3-4,6,8-10,12,14-16,21,24-42H2,1-2H3/b7-5-,13-11-,19-17-,20-18-,23-22-. The molecule has 0 aliphatic carbocycles. The van der Waals surface area contributed by atoms with E-state index in [4.69, 9.17) is 18.9 Å². The van der Waals surface area contributed by atoms with Crippen molar-refractivity contribution in [2.45, 2.75) is 218 Å². The summed E-state index contributed by atoms with van der Waals surface area (Å²) in [6.45, 7) is 4.41. The molecular formula is C49H86O9. The summed E-state index contributed by atoms with van der Waals surface area (Å²) in [5.74, 6) is -0.331. The molecule has 1 aliphatic rings. The summed E-state index contributed by atoms with van der Waals surface area (Å²) < 4.78 is 22.8. The fraction of sp³-hybridized carbons (Fsp3) is 0.776. The Hall–Kier alpha value is -2.11. The number of carbonyl (C=O) groups is 1. The first-order valence-electron chi connectivity index (χ1n) is 23.4. The summed E-state index contributed by atoms with van der Waals surface area (Å²) in [6, 6.07) is 0. The van der Waals surface area contributed by atoms with E-state index in [2.05, 4.69) is 74.6 Å². The van der Waals surface area contributed by atoms with Gasteiger partial charge in [0, 0.05) is 13.0 Å². The van der Waals surface area contributed by atoms with E-state index in [-0.39, 0.29) is 19.2 Å². The maximum Gasteiger partial charge on any atom is 0.306 e. The maximum atomic E-state index is 12.8. The molecule has 0 spiro atoms. The molecule has 0 saturated carbocycles. The molecule has 58 heavy (non-hydrogen) atoms. The lowest BCUT2D eigenvalue weighted by Gasteiger charge is -2.39. The number of esters is 1. The molecule has 1 saturated heterocycles. The Morgan fingerprint density at radius 3 is 1.60 bits per heavy atom. The third-order valence-corrected chi connectivity index (χ3v) is 10.4. The third kappa shape index (κ3) is 30.9. The van der Waals surface area contributed by atoms with Crippen LogP contribution in [-0.2, 0) is 23.7 Å². The predicted octanol–water partition coefficient (Wildman–Crippen LogP) is 10.7. The van der Waals surface area contributed by atoms with E-state index in [1.54, 1.807) is 0 Å².